The summed E-state index contributed by atoms with van der Waals surface area (Å²) in [6.45, 7) is 7.70. The first-order valence-corrected chi connectivity index (χ1v) is 8.71. The second-order valence-electron chi connectivity index (χ2n) is 4.04. The molecule has 16 heavy (non-hydrogen) atoms. The van der Waals surface area contributed by atoms with Crippen LogP contribution in [0.3, 0.4) is 0 Å². The van der Waals surface area contributed by atoms with Gasteiger partial charge in [-0.3, -0.25) is 4.79 Å². The van der Waals surface area contributed by atoms with Crippen LogP contribution in [0.2, 0.25) is 0 Å². The first kappa shape index (κ1) is 14.5. The van der Waals surface area contributed by atoms with Gasteiger partial charge in [-0.25, -0.2) is 0 Å². The Balaban J connectivity index is 2.16. The van der Waals surface area contributed by atoms with Crippen molar-refractivity contribution >= 4 is 40.4 Å². The Morgan fingerprint density at radius 2 is 2.31 bits per heavy atom. The maximum absolute atomic E-state index is 11.4. The molecule has 0 aliphatic carbocycles. The third-order valence-corrected chi connectivity index (χ3v) is 7.16. The molecule has 0 N–H and O–H groups in total. The summed E-state index contributed by atoms with van der Waals surface area (Å²) < 4.78 is 0.769. The predicted octanol–water partition coefficient (Wildman–Crippen LogP) is 4.19. The Morgan fingerprint density at radius 1 is 1.56 bits per heavy atom. The van der Waals surface area contributed by atoms with Crippen LogP contribution in [0.15, 0.2) is 12.2 Å². The molecule has 1 aliphatic rings. The molecule has 1 aliphatic heterocycles. The molecule has 1 heterocycles. The van der Waals surface area contributed by atoms with Crippen LogP contribution in [-0.4, -0.2) is 26.5 Å². The molecule has 1 nitrogen and oxygen atoms in total. The van der Waals surface area contributed by atoms with E-state index in [2.05, 4.69) is 37.0 Å². The highest BCUT2D eigenvalue weighted by Crippen LogP contribution is 2.41. The summed E-state index contributed by atoms with van der Waals surface area (Å²) in [5.74, 6) is 2.15. The third kappa shape index (κ3) is 5.19. The third-order valence-electron chi connectivity index (χ3n) is 2.35. The quantitative estimate of drug-likeness (QED) is 0.676. The van der Waals surface area contributed by atoms with E-state index >= 15 is 0 Å². The maximum atomic E-state index is 11.4. The highest BCUT2D eigenvalue weighted by molar-refractivity contribution is 8.21. The van der Waals surface area contributed by atoms with Gasteiger partial charge in [-0.15, -0.1) is 23.5 Å². The standard InChI is InChI=1S/C12H20OS3/c1-4-5-6-11-14-7-10(16-11)8-15-12(13)9(2)3/h10-11H,2,4-8H2,1,3H3. The lowest BCUT2D eigenvalue weighted by Gasteiger charge is -2.09. The van der Waals surface area contributed by atoms with Gasteiger partial charge in [0.1, 0.15) is 0 Å². The number of thioether (sulfide) groups is 3. The fourth-order valence-corrected chi connectivity index (χ4v) is 5.96. The molecule has 92 valence electrons. The Hall–Kier alpha value is 0.460. The number of hydrogen-bond acceptors (Lipinski definition) is 4. The zero-order valence-corrected chi connectivity index (χ0v) is 12.5. The van der Waals surface area contributed by atoms with Gasteiger partial charge in [0.15, 0.2) is 0 Å². The van der Waals surface area contributed by atoms with Gasteiger partial charge >= 0.3 is 0 Å². The van der Waals surface area contributed by atoms with Gasteiger partial charge in [-0.1, -0.05) is 38.1 Å². The minimum absolute atomic E-state index is 0.155. The van der Waals surface area contributed by atoms with Crippen LogP contribution in [0, 0.1) is 0 Å². The highest BCUT2D eigenvalue weighted by Gasteiger charge is 2.25. The van der Waals surface area contributed by atoms with Crippen molar-refractivity contribution in [3.05, 3.63) is 12.2 Å². The minimum Gasteiger partial charge on any atom is -0.282 e. The van der Waals surface area contributed by atoms with E-state index in [-0.39, 0.29) is 5.12 Å². The number of carbonyl (C=O) groups is 1. The number of rotatable bonds is 6. The molecule has 0 saturated carbocycles. The van der Waals surface area contributed by atoms with Crippen LogP contribution >= 0.6 is 35.3 Å². The van der Waals surface area contributed by atoms with Crippen LogP contribution in [0.4, 0.5) is 0 Å². The Bertz CT molecular complexity index is 253. The molecule has 0 amide bonds. The lowest BCUT2D eigenvalue weighted by molar-refractivity contribution is -0.107. The molecule has 0 radical (unpaired) electrons. The molecule has 0 aromatic rings. The average molecular weight is 276 g/mol. The van der Waals surface area contributed by atoms with E-state index in [0.717, 1.165) is 10.3 Å². The molecular weight excluding hydrogens is 256 g/mol. The zero-order valence-electron chi connectivity index (χ0n) is 10.0. The normalized spacial score (nSPS) is 24.6. The van der Waals surface area contributed by atoms with Crippen molar-refractivity contribution in [1.82, 2.24) is 0 Å². The molecule has 0 spiro atoms. The average Bonchev–Trinajstić information content (AvgIpc) is 2.70. The van der Waals surface area contributed by atoms with Gasteiger partial charge in [-0.05, 0) is 18.9 Å². The first-order chi connectivity index (χ1) is 7.63. The molecule has 1 rings (SSSR count). The maximum Gasteiger partial charge on any atom is 0.214 e. The fraction of sp³-hybridized carbons (Fsp3) is 0.750. The van der Waals surface area contributed by atoms with Gasteiger partial charge in [0.2, 0.25) is 5.12 Å². The Labute approximate surface area is 112 Å². The van der Waals surface area contributed by atoms with Crippen molar-refractivity contribution in [2.75, 3.05) is 11.5 Å². The lowest BCUT2D eigenvalue weighted by atomic mass is 10.3. The molecule has 2 unspecified atom stereocenters. The second kappa shape index (κ2) is 7.72. The van der Waals surface area contributed by atoms with Crippen LogP contribution in [-0.2, 0) is 4.79 Å². The van der Waals surface area contributed by atoms with E-state index in [1.54, 1.807) is 6.92 Å². The molecule has 4 heteroatoms. The van der Waals surface area contributed by atoms with E-state index in [4.69, 9.17) is 0 Å². The Kier molecular flexibility index (Phi) is 7.01. The van der Waals surface area contributed by atoms with E-state index in [1.807, 2.05) is 0 Å². The van der Waals surface area contributed by atoms with Gasteiger partial charge < -0.3 is 0 Å². The molecule has 0 aromatic heterocycles. The number of carbonyl (C=O) groups excluding carboxylic acids is 1. The lowest BCUT2D eigenvalue weighted by Crippen LogP contribution is -2.07. The highest BCUT2D eigenvalue weighted by atomic mass is 32.2. The van der Waals surface area contributed by atoms with E-state index in [1.165, 1.54) is 36.8 Å². The molecular formula is C12H20OS3. The van der Waals surface area contributed by atoms with Crippen molar-refractivity contribution in [2.45, 2.75) is 42.9 Å². The fourth-order valence-electron chi connectivity index (χ4n) is 1.41. The minimum atomic E-state index is 0.155. The van der Waals surface area contributed by atoms with Crippen LogP contribution < -0.4 is 0 Å². The molecule has 1 fully saturated rings. The summed E-state index contributed by atoms with van der Waals surface area (Å²) in [7, 11) is 0. The number of hydrogen-bond donors (Lipinski definition) is 0. The van der Waals surface area contributed by atoms with Crippen molar-refractivity contribution in [3.8, 4) is 0 Å². The van der Waals surface area contributed by atoms with Crippen LogP contribution in [0.1, 0.15) is 33.1 Å². The van der Waals surface area contributed by atoms with Crippen LogP contribution in [0.25, 0.3) is 0 Å². The largest absolute Gasteiger partial charge is 0.282 e. The molecule has 1 saturated heterocycles. The first-order valence-electron chi connectivity index (χ1n) is 5.73. The van der Waals surface area contributed by atoms with Crippen molar-refractivity contribution in [2.24, 2.45) is 0 Å². The van der Waals surface area contributed by atoms with E-state index in [0.29, 0.717) is 10.8 Å². The summed E-state index contributed by atoms with van der Waals surface area (Å²) in [6, 6.07) is 0. The van der Waals surface area contributed by atoms with Crippen LogP contribution in [0.5, 0.6) is 0 Å². The summed E-state index contributed by atoms with van der Waals surface area (Å²) in [5.41, 5.74) is 0.670. The number of unbranched alkanes of at least 4 members (excludes halogenated alkanes) is 1. The zero-order chi connectivity index (χ0) is 12.0. The smallest absolute Gasteiger partial charge is 0.214 e. The monoisotopic (exact) mass is 276 g/mol. The summed E-state index contributed by atoms with van der Waals surface area (Å²) >= 11 is 5.57. The van der Waals surface area contributed by atoms with Crippen molar-refractivity contribution in [3.63, 3.8) is 0 Å². The second-order valence-corrected chi connectivity index (χ2v) is 8.08. The predicted molar refractivity (Wildman–Crippen MR) is 79.4 cm³/mol. The molecule has 0 bridgehead atoms. The van der Waals surface area contributed by atoms with Crippen molar-refractivity contribution in [1.29, 1.82) is 0 Å². The van der Waals surface area contributed by atoms with Gasteiger partial charge in [0.25, 0.3) is 0 Å². The van der Waals surface area contributed by atoms with Gasteiger partial charge in [0.05, 0.1) is 4.58 Å². The van der Waals surface area contributed by atoms with Gasteiger partial charge in [0, 0.05) is 16.8 Å². The molecule has 0 aromatic carbocycles. The summed E-state index contributed by atoms with van der Waals surface area (Å²) in [5, 5.41) is 0.808. The van der Waals surface area contributed by atoms with E-state index in [9.17, 15) is 4.79 Å². The van der Waals surface area contributed by atoms with Gasteiger partial charge in [-0.2, -0.15) is 0 Å². The summed E-state index contributed by atoms with van der Waals surface area (Å²) in [6.07, 6.45) is 3.93. The van der Waals surface area contributed by atoms with Crippen molar-refractivity contribution < 1.29 is 4.79 Å². The topological polar surface area (TPSA) is 17.1 Å². The summed E-state index contributed by atoms with van der Waals surface area (Å²) in [4.78, 5) is 11.4. The SMILES string of the molecule is C=C(C)C(=O)SCC1CSC(CCCC)S1. The molecule has 2 atom stereocenters. The van der Waals surface area contributed by atoms with E-state index < -0.39 is 0 Å². The Morgan fingerprint density at radius 3 is 2.94 bits per heavy atom.